The van der Waals surface area contributed by atoms with Gasteiger partial charge >= 0.3 is 0 Å². The number of aromatic amines is 1. The van der Waals surface area contributed by atoms with Crippen LogP contribution < -0.4 is 5.43 Å². The number of hydrogen-bond acceptors (Lipinski definition) is 3. The molecular weight excluding hydrogens is 196 g/mol. The van der Waals surface area contributed by atoms with Gasteiger partial charge in [-0.2, -0.15) is 4.37 Å². The molecule has 0 saturated heterocycles. The maximum atomic E-state index is 11.2. The molecule has 0 amide bonds. The van der Waals surface area contributed by atoms with E-state index in [9.17, 15) is 4.79 Å². The number of benzene rings is 2. The molecule has 0 aliphatic carbocycles. The van der Waals surface area contributed by atoms with Crippen molar-refractivity contribution in [2.75, 3.05) is 0 Å². The molecule has 3 rings (SSSR count). The molecule has 0 bridgehead atoms. The van der Waals surface area contributed by atoms with Crippen LogP contribution in [0.15, 0.2) is 35.1 Å². The van der Waals surface area contributed by atoms with Crippen LogP contribution in [0.3, 0.4) is 0 Å². The molecule has 0 aliphatic heterocycles. The summed E-state index contributed by atoms with van der Waals surface area (Å²) in [4.78, 5) is 11.2. The van der Waals surface area contributed by atoms with Crippen molar-refractivity contribution in [2.45, 2.75) is 0 Å². The molecule has 68 valence electrons. The molecule has 0 atom stereocenters. The first-order valence-corrected chi connectivity index (χ1v) is 4.99. The third-order valence-corrected chi connectivity index (χ3v) is 2.84. The topological polar surface area (TPSA) is 45.8 Å². The summed E-state index contributed by atoms with van der Waals surface area (Å²) in [5.41, 5.74) is 1.89. The summed E-state index contributed by atoms with van der Waals surface area (Å²) in [5, 5.41) is 1.98. The van der Waals surface area contributed by atoms with Crippen LogP contribution in [-0.4, -0.2) is 8.75 Å². The van der Waals surface area contributed by atoms with Crippen LogP contribution >= 0.6 is 11.7 Å². The van der Waals surface area contributed by atoms with E-state index in [0.29, 0.717) is 0 Å². The van der Waals surface area contributed by atoms with E-state index in [1.165, 1.54) is 11.7 Å². The van der Waals surface area contributed by atoms with Gasteiger partial charge in [-0.1, -0.05) is 12.1 Å². The number of fused-ring (bicyclic) bond motifs is 3. The summed E-state index contributed by atoms with van der Waals surface area (Å²) in [6.07, 6.45) is 0. The summed E-state index contributed by atoms with van der Waals surface area (Å²) in [6, 6.07) is 9.00. The average Bonchev–Trinajstić information content (AvgIpc) is 2.65. The zero-order chi connectivity index (χ0) is 9.54. The monoisotopic (exact) mass is 202 g/mol. The van der Waals surface area contributed by atoms with Gasteiger partial charge < -0.3 is 0 Å². The fraction of sp³-hybridized carbons (Fsp3) is 0. The lowest BCUT2D eigenvalue weighted by molar-refractivity contribution is 1.63. The molecule has 3 nitrogen and oxygen atoms in total. The van der Waals surface area contributed by atoms with E-state index in [4.69, 9.17) is 0 Å². The number of rotatable bonds is 0. The number of H-pyrrole nitrogens is 1. The Morgan fingerprint density at radius 1 is 1.21 bits per heavy atom. The predicted molar refractivity (Wildman–Crippen MR) is 57.7 cm³/mol. The van der Waals surface area contributed by atoms with Crippen LogP contribution in [0.2, 0.25) is 0 Å². The lowest BCUT2D eigenvalue weighted by atomic mass is 10.1. The van der Waals surface area contributed by atoms with E-state index < -0.39 is 0 Å². The molecule has 0 fully saturated rings. The van der Waals surface area contributed by atoms with Gasteiger partial charge in [0.05, 0.1) is 5.52 Å². The number of hydrogen-bond donors (Lipinski definition) is 1. The highest BCUT2D eigenvalue weighted by molar-refractivity contribution is 7.00. The molecule has 1 heterocycles. The summed E-state index contributed by atoms with van der Waals surface area (Å²) in [7, 11) is 0. The molecular formula is C10H6N2OS. The lowest BCUT2D eigenvalue weighted by Crippen LogP contribution is -1.94. The van der Waals surface area contributed by atoms with Gasteiger partial charge in [0, 0.05) is 17.1 Å². The van der Waals surface area contributed by atoms with Crippen LogP contribution in [0.25, 0.3) is 21.8 Å². The third kappa shape index (κ3) is 0.975. The van der Waals surface area contributed by atoms with E-state index >= 15 is 0 Å². The van der Waals surface area contributed by atoms with Crippen molar-refractivity contribution >= 4 is 33.5 Å². The quantitative estimate of drug-likeness (QED) is 0.607. The highest BCUT2D eigenvalue weighted by atomic mass is 32.1. The molecule has 1 N–H and O–H groups in total. The van der Waals surface area contributed by atoms with E-state index in [0.717, 1.165) is 21.8 Å². The maximum absolute atomic E-state index is 11.2. The first kappa shape index (κ1) is 7.70. The molecule has 1 aromatic heterocycles. The average molecular weight is 202 g/mol. The second-order valence-corrected chi connectivity index (χ2v) is 3.70. The number of aromatic nitrogens is 2. The van der Waals surface area contributed by atoms with Crippen molar-refractivity contribution in [2.24, 2.45) is 0 Å². The molecule has 0 aliphatic rings. The Bertz CT molecular complexity index is 668. The number of nitrogens with zero attached hydrogens (tertiary/aromatic N) is 1. The SMILES string of the molecule is O=c1ccc2ccc3[nH]snc3c2c1. The summed E-state index contributed by atoms with van der Waals surface area (Å²) < 4.78 is 7.29. The maximum Gasteiger partial charge on any atom is 0.179 e. The Labute approximate surface area is 83.3 Å². The van der Waals surface area contributed by atoms with Crippen molar-refractivity contribution in [1.29, 1.82) is 0 Å². The van der Waals surface area contributed by atoms with Crippen molar-refractivity contribution < 1.29 is 0 Å². The van der Waals surface area contributed by atoms with Gasteiger partial charge in [0.25, 0.3) is 0 Å². The summed E-state index contributed by atoms with van der Waals surface area (Å²) in [5.74, 6) is 0. The van der Waals surface area contributed by atoms with Crippen LogP contribution in [0, 0.1) is 0 Å². The minimum Gasteiger partial charge on any atom is -0.293 e. The smallest absolute Gasteiger partial charge is 0.179 e. The standard InChI is InChI=1S/C10H6N2OS/c13-7-3-1-6-2-4-9-10(8(6)5-7)12-14-11-9/h1-5,11H. The van der Waals surface area contributed by atoms with Crippen molar-refractivity contribution in [3.8, 4) is 0 Å². The summed E-state index contributed by atoms with van der Waals surface area (Å²) >= 11 is 1.30. The molecule has 0 unspecified atom stereocenters. The minimum atomic E-state index is 0.0259. The van der Waals surface area contributed by atoms with Gasteiger partial charge in [-0.15, -0.1) is 0 Å². The predicted octanol–water partition coefficient (Wildman–Crippen LogP) is 2.14. The lowest BCUT2D eigenvalue weighted by Gasteiger charge is -1.95. The fourth-order valence-electron chi connectivity index (χ4n) is 1.58. The number of nitrogens with one attached hydrogen (secondary N) is 1. The van der Waals surface area contributed by atoms with Crippen molar-refractivity contribution in [3.05, 3.63) is 40.6 Å². The zero-order valence-corrected chi connectivity index (χ0v) is 7.97. The van der Waals surface area contributed by atoms with E-state index in [2.05, 4.69) is 8.75 Å². The van der Waals surface area contributed by atoms with E-state index in [-0.39, 0.29) is 5.43 Å². The molecule has 4 heteroatoms. The second kappa shape index (κ2) is 2.65. The normalized spacial score (nSPS) is 11.1. The molecule has 0 radical (unpaired) electrons. The van der Waals surface area contributed by atoms with Crippen molar-refractivity contribution in [3.63, 3.8) is 0 Å². The van der Waals surface area contributed by atoms with Gasteiger partial charge in [0.15, 0.2) is 5.43 Å². The largest absolute Gasteiger partial charge is 0.293 e. The van der Waals surface area contributed by atoms with E-state index in [1.807, 2.05) is 18.2 Å². The fourth-order valence-corrected chi connectivity index (χ4v) is 2.18. The van der Waals surface area contributed by atoms with Crippen molar-refractivity contribution in [1.82, 2.24) is 8.75 Å². The first-order valence-electron chi connectivity index (χ1n) is 4.21. The van der Waals surface area contributed by atoms with E-state index in [1.54, 1.807) is 12.1 Å². The van der Waals surface area contributed by atoms with Gasteiger partial charge in [0.2, 0.25) is 0 Å². The zero-order valence-electron chi connectivity index (χ0n) is 7.15. The molecule has 3 aromatic rings. The summed E-state index contributed by atoms with van der Waals surface area (Å²) in [6.45, 7) is 0. The molecule has 0 saturated carbocycles. The Morgan fingerprint density at radius 3 is 3.00 bits per heavy atom. The highest BCUT2D eigenvalue weighted by Gasteiger charge is 2.02. The second-order valence-electron chi connectivity index (χ2n) is 3.13. The van der Waals surface area contributed by atoms with Crippen LogP contribution in [0.1, 0.15) is 0 Å². The Morgan fingerprint density at radius 2 is 2.07 bits per heavy atom. The first-order chi connectivity index (χ1) is 6.84. The Balaban J connectivity index is 2.66. The van der Waals surface area contributed by atoms with Gasteiger partial charge in [0.1, 0.15) is 5.52 Å². The van der Waals surface area contributed by atoms with Crippen LogP contribution in [-0.2, 0) is 0 Å². The Kier molecular flexibility index (Phi) is 1.46. The molecule has 0 spiro atoms. The van der Waals surface area contributed by atoms with Crippen LogP contribution in [0.4, 0.5) is 0 Å². The molecule has 14 heavy (non-hydrogen) atoms. The van der Waals surface area contributed by atoms with Gasteiger partial charge in [-0.05, 0) is 23.6 Å². The minimum absolute atomic E-state index is 0.0259. The Hall–Kier alpha value is -1.68. The third-order valence-electron chi connectivity index (χ3n) is 2.26. The highest BCUT2D eigenvalue weighted by Crippen LogP contribution is 2.21. The van der Waals surface area contributed by atoms with Gasteiger partial charge in [-0.25, -0.2) is 0 Å². The van der Waals surface area contributed by atoms with Gasteiger partial charge in [-0.3, -0.25) is 9.17 Å². The molecule has 2 aromatic carbocycles. The van der Waals surface area contributed by atoms with Crippen LogP contribution in [0.5, 0.6) is 0 Å².